The van der Waals surface area contributed by atoms with Gasteiger partial charge < -0.3 is 15.1 Å². The van der Waals surface area contributed by atoms with E-state index in [4.69, 9.17) is 4.84 Å². The van der Waals surface area contributed by atoms with Crippen LogP contribution in [0, 0.1) is 0 Å². The summed E-state index contributed by atoms with van der Waals surface area (Å²) in [5, 5.41) is 3.35. The van der Waals surface area contributed by atoms with Gasteiger partial charge in [0.25, 0.3) is 11.8 Å². The van der Waals surface area contributed by atoms with Crippen LogP contribution in [0.1, 0.15) is 44.9 Å². The molecule has 1 unspecified atom stereocenters. The Labute approximate surface area is 124 Å². The molecule has 21 heavy (non-hydrogen) atoms. The summed E-state index contributed by atoms with van der Waals surface area (Å²) in [6.45, 7) is 2.09. The maximum atomic E-state index is 11.8. The van der Waals surface area contributed by atoms with Gasteiger partial charge in [0.1, 0.15) is 0 Å². The number of carbonyl (C=O) groups is 3. The second kappa shape index (κ2) is 7.40. The summed E-state index contributed by atoms with van der Waals surface area (Å²) < 4.78 is 0. The van der Waals surface area contributed by atoms with Gasteiger partial charge in [-0.3, -0.25) is 9.59 Å². The standard InChI is InChI=1S/C14H23N3O4/c1-16-9-3-2-5-11(6-4-10-16)15-14(20)21-17-12(18)7-8-13(17)19/h11H,2-10H2,1H3,(H,15,20). The van der Waals surface area contributed by atoms with Gasteiger partial charge in [0.2, 0.25) is 0 Å². The first kappa shape index (κ1) is 15.8. The third-order valence-corrected chi connectivity index (χ3v) is 3.94. The summed E-state index contributed by atoms with van der Waals surface area (Å²) in [6, 6.07) is 0.0387. The third-order valence-electron chi connectivity index (χ3n) is 3.94. The first-order chi connectivity index (χ1) is 10.1. The van der Waals surface area contributed by atoms with E-state index in [9.17, 15) is 14.4 Å². The number of nitrogens with one attached hydrogen (secondary N) is 1. The van der Waals surface area contributed by atoms with Crippen LogP contribution in [0.15, 0.2) is 0 Å². The quantitative estimate of drug-likeness (QED) is 0.770. The molecule has 0 aliphatic carbocycles. The zero-order valence-electron chi connectivity index (χ0n) is 12.5. The van der Waals surface area contributed by atoms with Crippen molar-refractivity contribution in [1.82, 2.24) is 15.3 Å². The molecule has 0 aromatic rings. The SMILES string of the molecule is CN1CCCCC(NC(=O)ON2C(=O)CCC2=O)CCC1. The number of hydroxylamine groups is 2. The van der Waals surface area contributed by atoms with Crippen molar-refractivity contribution >= 4 is 17.9 Å². The monoisotopic (exact) mass is 297 g/mol. The predicted molar refractivity (Wildman–Crippen MR) is 75.1 cm³/mol. The molecule has 1 atom stereocenters. The molecule has 2 aliphatic heterocycles. The Balaban J connectivity index is 1.80. The molecule has 0 bridgehead atoms. The van der Waals surface area contributed by atoms with Crippen LogP contribution in [0.5, 0.6) is 0 Å². The van der Waals surface area contributed by atoms with Crippen molar-refractivity contribution in [2.24, 2.45) is 0 Å². The summed E-state index contributed by atoms with van der Waals surface area (Å²) in [4.78, 5) is 41.7. The maximum absolute atomic E-state index is 11.8. The number of rotatable bonds is 2. The number of carbonyl (C=O) groups excluding carboxylic acids is 3. The van der Waals surface area contributed by atoms with Gasteiger partial charge in [-0.15, -0.1) is 5.06 Å². The highest BCUT2D eigenvalue weighted by atomic mass is 16.7. The van der Waals surface area contributed by atoms with E-state index in [2.05, 4.69) is 17.3 Å². The summed E-state index contributed by atoms with van der Waals surface area (Å²) >= 11 is 0. The Morgan fingerprint density at radius 1 is 1.10 bits per heavy atom. The topological polar surface area (TPSA) is 79.0 Å². The number of amides is 3. The van der Waals surface area contributed by atoms with Crippen molar-refractivity contribution in [3.8, 4) is 0 Å². The summed E-state index contributed by atoms with van der Waals surface area (Å²) in [7, 11) is 2.10. The van der Waals surface area contributed by atoms with E-state index in [-0.39, 0.29) is 18.9 Å². The van der Waals surface area contributed by atoms with Crippen molar-refractivity contribution in [1.29, 1.82) is 0 Å². The van der Waals surface area contributed by atoms with E-state index >= 15 is 0 Å². The minimum absolute atomic E-state index is 0.0387. The molecule has 2 aliphatic rings. The van der Waals surface area contributed by atoms with Gasteiger partial charge in [0.05, 0.1) is 0 Å². The minimum atomic E-state index is -0.712. The Kier molecular flexibility index (Phi) is 5.55. The fraction of sp³-hybridized carbons (Fsp3) is 0.786. The lowest BCUT2D eigenvalue weighted by atomic mass is 10.1. The highest BCUT2D eigenvalue weighted by molar-refractivity contribution is 6.01. The average molecular weight is 297 g/mol. The van der Waals surface area contributed by atoms with Gasteiger partial charge in [-0.25, -0.2) is 4.79 Å². The lowest BCUT2D eigenvalue weighted by Gasteiger charge is -2.19. The number of hydrogen-bond acceptors (Lipinski definition) is 5. The second-order valence-corrected chi connectivity index (χ2v) is 5.74. The molecular weight excluding hydrogens is 274 g/mol. The molecule has 0 aromatic carbocycles. The van der Waals surface area contributed by atoms with Crippen molar-refractivity contribution in [3.05, 3.63) is 0 Å². The molecule has 0 spiro atoms. The second-order valence-electron chi connectivity index (χ2n) is 5.74. The Bertz CT molecular complexity index is 397. The van der Waals surface area contributed by atoms with Gasteiger partial charge >= 0.3 is 6.09 Å². The normalized spacial score (nSPS) is 25.2. The zero-order valence-corrected chi connectivity index (χ0v) is 12.5. The minimum Gasteiger partial charge on any atom is -0.317 e. The van der Waals surface area contributed by atoms with Gasteiger partial charge in [-0.2, -0.15) is 0 Å². The van der Waals surface area contributed by atoms with Crippen LogP contribution in [-0.2, 0) is 14.4 Å². The van der Waals surface area contributed by atoms with Crippen LogP contribution in [-0.4, -0.2) is 54.0 Å². The zero-order chi connectivity index (χ0) is 15.2. The molecule has 118 valence electrons. The number of hydrogen-bond donors (Lipinski definition) is 1. The van der Waals surface area contributed by atoms with Crippen LogP contribution in [0.3, 0.4) is 0 Å². The first-order valence-corrected chi connectivity index (χ1v) is 7.59. The molecule has 0 radical (unpaired) electrons. The molecule has 0 aromatic heterocycles. The van der Waals surface area contributed by atoms with E-state index in [1.54, 1.807) is 0 Å². The van der Waals surface area contributed by atoms with Crippen molar-refractivity contribution < 1.29 is 19.2 Å². The predicted octanol–water partition coefficient (Wildman–Crippen LogP) is 1.04. The van der Waals surface area contributed by atoms with Gasteiger partial charge in [0, 0.05) is 18.9 Å². The molecule has 0 saturated carbocycles. The van der Waals surface area contributed by atoms with Crippen molar-refractivity contribution in [3.63, 3.8) is 0 Å². The molecule has 3 amide bonds. The average Bonchev–Trinajstić information content (AvgIpc) is 2.79. The Morgan fingerprint density at radius 3 is 2.43 bits per heavy atom. The van der Waals surface area contributed by atoms with Crippen LogP contribution in [0.25, 0.3) is 0 Å². The maximum Gasteiger partial charge on any atom is 0.432 e. The van der Waals surface area contributed by atoms with Crippen LogP contribution in [0.2, 0.25) is 0 Å². The van der Waals surface area contributed by atoms with Gasteiger partial charge in [-0.05, 0) is 45.8 Å². The Morgan fingerprint density at radius 2 is 1.71 bits per heavy atom. The van der Waals surface area contributed by atoms with Crippen molar-refractivity contribution in [2.45, 2.75) is 51.0 Å². The molecular formula is C14H23N3O4. The van der Waals surface area contributed by atoms with Crippen LogP contribution < -0.4 is 5.32 Å². The molecule has 7 heteroatoms. The summed E-state index contributed by atoms with van der Waals surface area (Å²) in [5.74, 6) is -0.905. The fourth-order valence-electron chi connectivity index (χ4n) is 2.71. The lowest BCUT2D eigenvalue weighted by Crippen LogP contribution is -2.41. The third kappa shape index (κ3) is 4.70. The molecule has 2 rings (SSSR count). The van der Waals surface area contributed by atoms with Crippen LogP contribution in [0.4, 0.5) is 4.79 Å². The summed E-state index contributed by atoms with van der Waals surface area (Å²) in [5.41, 5.74) is 0. The Hall–Kier alpha value is -1.63. The highest BCUT2D eigenvalue weighted by Crippen LogP contribution is 2.14. The van der Waals surface area contributed by atoms with E-state index < -0.39 is 17.9 Å². The first-order valence-electron chi connectivity index (χ1n) is 7.59. The molecule has 2 heterocycles. The van der Waals surface area contributed by atoms with Crippen LogP contribution >= 0.6 is 0 Å². The van der Waals surface area contributed by atoms with Crippen molar-refractivity contribution in [2.75, 3.05) is 20.1 Å². The van der Waals surface area contributed by atoms with E-state index in [1.165, 1.54) is 0 Å². The number of imide groups is 1. The molecule has 7 nitrogen and oxygen atoms in total. The summed E-state index contributed by atoms with van der Waals surface area (Å²) in [6.07, 6.45) is 4.43. The van der Waals surface area contributed by atoms with Gasteiger partial charge in [0.15, 0.2) is 0 Å². The molecule has 1 N–H and O–H groups in total. The lowest BCUT2D eigenvalue weighted by molar-refractivity contribution is -0.171. The molecule has 2 saturated heterocycles. The van der Waals surface area contributed by atoms with E-state index in [0.717, 1.165) is 45.2 Å². The highest BCUT2D eigenvalue weighted by Gasteiger charge is 2.33. The molecule has 2 fully saturated rings. The van der Waals surface area contributed by atoms with E-state index in [1.807, 2.05) is 0 Å². The fourth-order valence-corrected chi connectivity index (χ4v) is 2.71. The largest absolute Gasteiger partial charge is 0.432 e. The van der Waals surface area contributed by atoms with Gasteiger partial charge in [-0.1, -0.05) is 6.42 Å². The number of nitrogens with zero attached hydrogens (tertiary/aromatic N) is 2. The van der Waals surface area contributed by atoms with E-state index in [0.29, 0.717) is 5.06 Å². The smallest absolute Gasteiger partial charge is 0.317 e.